The Labute approximate surface area is 187 Å². The lowest BCUT2D eigenvalue weighted by Gasteiger charge is -2.18. The van der Waals surface area contributed by atoms with E-state index in [1.807, 2.05) is 24.3 Å². The molecule has 0 saturated carbocycles. The van der Waals surface area contributed by atoms with Gasteiger partial charge in [0.05, 0.1) is 6.54 Å². The summed E-state index contributed by atoms with van der Waals surface area (Å²) in [6.07, 6.45) is 4.74. The lowest BCUT2D eigenvalue weighted by atomic mass is 9.88. The topological polar surface area (TPSA) is 70.2 Å². The number of aryl methyl sites for hydroxylation is 2. The Kier molecular flexibility index (Phi) is 9.57. The highest BCUT2D eigenvalue weighted by Gasteiger charge is 2.11. The molecule has 0 atom stereocenters. The van der Waals surface area contributed by atoms with Gasteiger partial charge in [0, 0.05) is 12.2 Å². The van der Waals surface area contributed by atoms with Gasteiger partial charge in [0.25, 0.3) is 0 Å². The van der Waals surface area contributed by atoms with E-state index >= 15 is 0 Å². The minimum Gasteiger partial charge on any atom is -0.355 e. The number of carbonyl (C=O) groups is 2. The van der Waals surface area contributed by atoms with Gasteiger partial charge in [0.1, 0.15) is 0 Å². The maximum Gasteiger partial charge on any atom is 0.319 e. The molecule has 2 aromatic rings. The van der Waals surface area contributed by atoms with Crippen LogP contribution in [0.1, 0.15) is 57.2 Å². The van der Waals surface area contributed by atoms with Crippen LogP contribution in [0.4, 0.5) is 10.5 Å². The second-order valence-electron chi connectivity index (χ2n) is 9.22. The van der Waals surface area contributed by atoms with Crippen molar-refractivity contribution in [2.24, 2.45) is 5.41 Å². The van der Waals surface area contributed by atoms with Gasteiger partial charge in [-0.25, -0.2) is 4.79 Å². The summed E-state index contributed by atoms with van der Waals surface area (Å²) >= 11 is 0. The quantitative estimate of drug-likeness (QED) is 0.465. The molecule has 0 aliphatic rings. The summed E-state index contributed by atoms with van der Waals surface area (Å²) in [5.74, 6) is -0.174. The predicted molar refractivity (Wildman–Crippen MR) is 128 cm³/mol. The second kappa shape index (κ2) is 12.1. The molecule has 0 aromatic heterocycles. The lowest BCUT2D eigenvalue weighted by Crippen LogP contribution is -2.39. The molecule has 5 nitrogen and oxygen atoms in total. The van der Waals surface area contributed by atoms with E-state index in [-0.39, 0.29) is 23.9 Å². The minimum atomic E-state index is -0.371. The number of benzene rings is 2. The van der Waals surface area contributed by atoms with Crippen LogP contribution in [0.25, 0.3) is 0 Å². The molecule has 3 N–H and O–H groups in total. The molecule has 0 bridgehead atoms. The number of para-hydroxylation sites is 1. The van der Waals surface area contributed by atoms with E-state index in [0.29, 0.717) is 6.54 Å². The summed E-state index contributed by atoms with van der Waals surface area (Å²) < 4.78 is 0. The fourth-order valence-electron chi connectivity index (χ4n) is 3.37. The summed E-state index contributed by atoms with van der Waals surface area (Å²) in [7, 11) is 0. The molecule has 5 heteroatoms. The SMILES string of the molecule is CCCCNC(=O)CNC(=O)Nc1ccccc1CCc1ccc(CC(C)(C)C)cc1. The van der Waals surface area contributed by atoms with Gasteiger partial charge in [-0.15, -0.1) is 0 Å². The molecule has 0 aliphatic heterocycles. The molecule has 0 heterocycles. The van der Waals surface area contributed by atoms with Gasteiger partial charge in [-0.3, -0.25) is 4.79 Å². The monoisotopic (exact) mass is 423 g/mol. The average Bonchev–Trinajstić information content (AvgIpc) is 2.72. The van der Waals surface area contributed by atoms with Gasteiger partial charge in [0.2, 0.25) is 5.91 Å². The van der Waals surface area contributed by atoms with E-state index in [1.165, 1.54) is 11.1 Å². The van der Waals surface area contributed by atoms with Crippen molar-refractivity contribution >= 4 is 17.6 Å². The van der Waals surface area contributed by atoms with Gasteiger partial charge in [-0.1, -0.05) is 76.6 Å². The third kappa shape index (κ3) is 9.69. The highest BCUT2D eigenvalue weighted by molar-refractivity contribution is 5.92. The van der Waals surface area contributed by atoms with Crippen LogP contribution in [-0.4, -0.2) is 25.0 Å². The number of urea groups is 1. The molecule has 31 heavy (non-hydrogen) atoms. The third-order valence-electron chi connectivity index (χ3n) is 4.97. The molecule has 0 unspecified atom stereocenters. The van der Waals surface area contributed by atoms with Crippen LogP contribution in [0.5, 0.6) is 0 Å². The smallest absolute Gasteiger partial charge is 0.319 e. The molecular formula is C26H37N3O2. The van der Waals surface area contributed by atoms with E-state index in [1.54, 1.807) is 0 Å². The number of carbonyl (C=O) groups excluding carboxylic acids is 2. The standard InChI is InChI=1S/C26H37N3O2/c1-5-6-17-27-24(30)19-28-25(31)29-23-10-8-7-9-22(23)16-15-20-11-13-21(14-12-20)18-26(2,3)4/h7-14H,5-6,15-19H2,1-4H3,(H,27,30)(H2,28,29,31). The van der Waals surface area contributed by atoms with Gasteiger partial charge >= 0.3 is 6.03 Å². The van der Waals surface area contributed by atoms with Crippen LogP contribution in [0.15, 0.2) is 48.5 Å². The molecule has 0 aliphatic carbocycles. The Bertz CT molecular complexity index is 838. The highest BCUT2D eigenvalue weighted by Crippen LogP contribution is 2.22. The van der Waals surface area contributed by atoms with Crippen LogP contribution in [-0.2, 0) is 24.1 Å². The summed E-state index contributed by atoms with van der Waals surface area (Å²) in [6.45, 7) is 9.42. The fourth-order valence-corrected chi connectivity index (χ4v) is 3.37. The number of rotatable bonds is 10. The first-order chi connectivity index (χ1) is 14.8. The van der Waals surface area contributed by atoms with Gasteiger partial charge in [-0.2, -0.15) is 0 Å². The van der Waals surface area contributed by atoms with Crippen molar-refractivity contribution in [3.05, 3.63) is 65.2 Å². The fraction of sp³-hybridized carbons (Fsp3) is 0.462. The molecule has 168 valence electrons. The van der Waals surface area contributed by atoms with Crippen LogP contribution in [0.2, 0.25) is 0 Å². The summed E-state index contributed by atoms with van der Waals surface area (Å²) in [4.78, 5) is 24.0. The van der Waals surface area contributed by atoms with Crippen LogP contribution < -0.4 is 16.0 Å². The van der Waals surface area contributed by atoms with E-state index in [9.17, 15) is 9.59 Å². The van der Waals surface area contributed by atoms with Crippen molar-refractivity contribution in [2.75, 3.05) is 18.4 Å². The van der Waals surface area contributed by atoms with Crippen LogP contribution in [0.3, 0.4) is 0 Å². The maximum atomic E-state index is 12.2. The molecule has 0 saturated heterocycles. The molecule has 2 aromatic carbocycles. The predicted octanol–water partition coefficient (Wildman–Crippen LogP) is 5.10. The van der Waals surface area contributed by atoms with Crippen LogP contribution >= 0.6 is 0 Å². The lowest BCUT2D eigenvalue weighted by molar-refractivity contribution is -0.120. The van der Waals surface area contributed by atoms with E-state index in [0.717, 1.165) is 43.4 Å². The van der Waals surface area contributed by atoms with E-state index in [2.05, 4.69) is 67.9 Å². The van der Waals surface area contributed by atoms with Crippen molar-refractivity contribution in [3.63, 3.8) is 0 Å². The van der Waals surface area contributed by atoms with Crippen molar-refractivity contribution < 1.29 is 9.59 Å². The number of anilines is 1. The largest absolute Gasteiger partial charge is 0.355 e. The van der Waals surface area contributed by atoms with Crippen molar-refractivity contribution in [3.8, 4) is 0 Å². The summed E-state index contributed by atoms with van der Waals surface area (Å²) in [5.41, 5.74) is 4.76. The molecular weight excluding hydrogens is 386 g/mol. The van der Waals surface area contributed by atoms with Gasteiger partial charge < -0.3 is 16.0 Å². The third-order valence-corrected chi connectivity index (χ3v) is 4.97. The first kappa shape index (κ1) is 24.4. The molecule has 0 spiro atoms. The zero-order valence-electron chi connectivity index (χ0n) is 19.4. The Balaban J connectivity index is 1.86. The van der Waals surface area contributed by atoms with Crippen molar-refractivity contribution in [1.82, 2.24) is 10.6 Å². The first-order valence-corrected chi connectivity index (χ1v) is 11.2. The molecule has 0 radical (unpaired) electrons. The minimum absolute atomic E-state index is 0.0291. The van der Waals surface area contributed by atoms with E-state index < -0.39 is 0 Å². The molecule has 2 rings (SSSR count). The zero-order valence-corrected chi connectivity index (χ0v) is 19.4. The normalized spacial score (nSPS) is 11.1. The molecule has 3 amide bonds. The summed E-state index contributed by atoms with van der Waals surface area (Å²) in [6, 6.07) is 16.2. The van der Waals surface area contributed by atoms with E-state index in [4.69, 9.17) is 0 Å². The highest BCUT2D eigenvalue weighted by atomic mass is 16.2. The first-order valence-electron chi connectivity index (χ1n) is 11.2. The molecule has 0 fully saturated rings. The van der Waals surface area contributed by atoms with Gasteiger partial charge in [-0.05, 0) is 53.9 Å². The van der Waals surface area contributed by atoms with Crippen molar-refractivity contribution in [1.29, 1.82) is 0 Å². The second-order valence-corrected chi connectivity index (χ2v) is 9.22. The Hall–Kier alpha value is -2.82. The van der Waals surface area contributed by atoms with Crippen LogP contribution in [0, 0.1) is 5.41 Å². The van der Waals surface area contributed by atoms with Gasteiger partial charge in [0.15, 0.2) is 0 Å². The number of nitrogens with one attached hydrogen (secondary N) is 3. The number of amides is 3. The Morgan fingerprint density at radius 3 is 2.23 bits per heavy atom. The number of hydrogen-bond acceptors (Lipinski definition) is 2. The Morgan fingerprint density at radius 1 is 0.871 bits per heavy atom. The number of hydrogen-bond donors (Lipinski definition) is 3. The average molecular weight is 424 g/mol. The zero-order chi connectivity index (χ0) is 22.7. The Morgan fingerprint density at radius 2 is 1.55 bits per heavy atom. The summed E-state index contributed by atoms with van der Waals surface area (Å²) in [5, 5.41) is 8.28. The number of unbranched alkanes of at least 4 members (excludes halogenated alkanes) is 1. The maximum absolute atomic E-state index is 12.2. The van der Waals surface area contributed by atoms with Crippen molar-refractivity contribution in [2.45, 2.75) is 59.8 Å².